The van der Waals surface area contributed by atoms with Gasteiger partial charge in [-0.1, -0.05) is 35.9 Å². The van der Waals surface area contributed by atoms with Crippen molar-refractivity contribution in [3.63, 3.8) is 0 Å². The topological polar surface area (TPSA) is 12.0 Å². The Morgan fingerprint density at radius 3 is 2.56 bits per heavy atom. The van der Waals surface area contributed by atoms with Crippen LogP contribution in [0.25, 0.3) is 0 Å². The lowest BCUT2D eigenvalue weighted by atomic mass is 9.98. The molecule has 0 radical (unpaired) electrons. The molecule has 0 aliphatic carbocycles. The van der Waals surface area contributed by atoms with Crippen LogP contribution in [0.5, 0.6) is 0 Å². The van der Waals surface area contributed by atoms with Crippen molar-refractivity contribution in [1.82, 2.24) is 5.32 Å². The van der Waals surface area contributed by atoms with Crippen LogP contribution in [0.4, 0.5) is 4.39 Å². The molecule has 0 spiro atoms. The van der Waals surface area contributed by atoms with Crippen molar-refractivity contribution in [3.8, 4) is 0 Å². The average molecular weight is 376 g/mol. The molecule has 4 heteroatoms. The van der Waals surface area contributed by atoms with Gasteiger partial charge in [0.25, 0.3) is 0 Å². The Labute approximate surface area is 124 Å². The van der Waals surface area contributed by atoms with Crippen molar-refractivity contribution in [2.45, 2.75) is 6.04 Å². The van der Waals surface area contributed by atoms with E-state index in [1.807, 2.05) is 31.3 Å². The van der Waals surface area contributed by atoms with Gasteiger partial charge in [0.15, 0.2) is 0 Å². The second-order valence-corrected chi connectivity index (χ2v) is 5.49. The maximum absolute atomic E-state index is 13.8. The highest BCUT2D eigenvalue weighted by atomic mass is 127. The summed E-state index contributed by atoms with van der Waals surface area (Å²) in [6.45, 7) is 0. The Bertz CT molecular complexity index is 559. The molecular weight excluding hydrogens is 364 g/mol. The quantitative estimate of drug-likeness (QED) is 0.785. The molecule has 0 bridgehead atoms. The summed E-state index contributed by atoms with van der Waals surface area (Å²) in [6, 6.07) is 12.3. The Morgan fingerprint density at radius 1 is 1.22 bits per heavy atom. The zero-order valence-electron chi connectivity index (χ0n) is 9.75. The molecule has 1 nitrogen and oxygen atoms in total. The van der Waals surface area contributed by atoms with E-state index in [0.29, 0.717) is 10.6 Å². The van der Waals surface area contributed by atoms with Crippen LogP contribution in [0.3, 0.4) is 0 Å². The van der Waals surface area contributed by atoms with Gasteiger partial charge in [-0.15, -0.1) is 0 Å². The van der Waals surface area contributed by atoms with E-state index >= 15 is 0 Å². The van der Waals surface area contributed by atoms with Gasteiger partial charge in [0, 0.05) is 9.13 Å². The third kappa shape index (κ3) is 2.84. The van der Waals surface area contributed by atoms with Gasteiger partial charge in [-0.25, -0.2) is 4.39 Å². The van der Waals surface area contributed by atoms with Gasteiger partial charge in [-0.05, 0) is 53.4 Å². The fourth-order valence-corrected chi connectivity index (χ4v) is 2.43. The molecule has 0 aromatic heterocycles. The van der Waals surface area contributed by atoms with Crippen LogP contribution in [0.2, 0.25) is 5.02 Å². The second-order valence-electron chi connectivity index (χ2n) is 3.92. The van der Waals surface area contributed by atoms with Crippen LogP contribution < -0.4 is 5.32 Å². The molecule has 0 amide bonds. The third-order valence-electron chi connectivity index (χ3n) is 2.78. The molecule has 1 N–H and O–H groups in total. The first-order valence-electron chi connectivity index (χ1n) is 5.50. The van der Waals surface area contributed by atoms with E-state index in [2.05, 4.69) is 27.9 Å². The van der Waals surface area contributed by atoms with E-state index in [-0.39, 0.29) is 11.9 Å². The van der Waals surface area contributed by atoms with Crippen molar-refractivity contribution in [3.05, 3.63) is 68.0 Å². The molecule has 18 heavy (non-hydrogen) atoms. The number of benzene rings is 2. The Hall–Kier alpha value is -0.650. The van der Waals surface area contributed by atoms with Crippen molar-refractivity contribution < 1.29 is 4.39 Å². The number of hydrogen-bond donors (Lipinski definition) is 1. The molecule has 0 saturated heterocycles. The minimum atomic E-state index is -0.216. The monoisotopic (exact) mass is 375 g/mol. The van der Waals surface area contributed by atoms with Crippen molar-refractivity contribution in [2.75, 3.05) is 7.05 Å². The highest BCUT2D eigenvalue weighted by Gasteiger charge is 2.16. The Balaban J connectivity index is 2.45. The number of nitrogens with one attached hydrogen (secondary N) is 1. The zero-order chi connectivity index (χ0) is 13.1. The summed E-state index contributed by atoms with van der Waals surface area (Å²) in [5.74, 6) is -0.216. The van der Waals surface area contributed by atoms with Crippen LogP contribution >= 0.6 is 34.2 Å². The number of rotatable bonds is 3. The van der Waals surface area contributed by atoms with Gasteiger partial charge in [-0.3, -0.25) is 0 Å². The number of halogens is 3. The maximum atomic E-state index is 13.8. The first-order chi connectivity index (χ1) is 8.63. The summed E-state index contributed by atoms with van der Waals surface area (Å²) in [5, 5.41) is 3.81. The number of hydrogen-bond acceptors (Lipinski definition) is 1. The van der Waals surface area contributed by atoms with Gasteiger partial charge in [0.05, 0.1) is 11.1 Å². The fourth-order valence-electron chi connectivity index (χ4n) is 1.90. The van der Waals surface area contributed by atoms with E-state index in [9.17, 15) is 4.39 Å². The molecule has 2 aromatic rings. The molecule has 0 aliphatic heterocycles. The molecule has 1 atom stereocenters. The summed E-state index contributed by atoms with van der Waals surface area (Å²) in [5.41, 5.74) is 1.57. The minimum Gasteiger partial charge on any atom is -0.309 e. The summed E-state index contributed by atoms with van der Waals surface area (Å²) in [7, 11) is 1.81. The molecule has 0 saturated carbocycles. The minimum absolute atomic E-state index is 0.194. The standard InChI is InChI=1S/C14H12ClFIN/c1-18-14(10-4-2-3-5-12(10)16)9-6-7-13(17)11(15)8-9/h2-8,14,18H,1H3. The molecule has 0 aliphatic rings. The predicted molar refractivity (Wildman–Crippen MR) is 81.5 cm³/mol. The van der Waals surface area contributed by atoms with Crippen LogP contribution in [0, 0.1) is 9.39 Å². The van der Waals surface area contributed by atoms with Gasteiger partial charge in [0.1, 0.15) is 5.82 Å². The van der Waals surface area contributed by atoms with Gasteiger partial charge < -0.3 is 5.32 Å². The molecule has 94 valence electrons. The lowest BCUT2D eigenvalue weighted by molar-refractivity contribution is 0.576. The first-order valence-corrected chi connectivity index (χ1v) is 6.96. The van der Waals surface area contributed by atoms with E-state index in [1.54, 1.807) is 12.1 Å². The molecule has 0 heterocycles. The summed E-state index contributed by atoms with van der Waals surface area (Å²) >= 11 is 8.28. The predicted octanol–water partition coefficient (Wildman–Crippen LogP) is 4.39. The highest BCUT2D eigenvalue weighted by Crippen LogP contribution is 2.28. The van der Waals surface area contributed by atoms with Gasteiger partial charge in [-0.2, -0.15) is 0 Å². The third-order valence-corrected chi connectivity index (χ3v) is 4.35. The largest absolute Gasteiger partial charge is 0.309 e. The van der Waals surface area contributed by atoms with Crippen molar-refractivity contribution in [1.29, 1.82) is 0 Å². The van der Waals surface area contributed by atoms with Crippen molar-refractivity contribution >= 4 is 34.2 Å². The van der Waals surface area contributed by atoms with E-state index in [1.165, 1.54) is 6.07 Å². The summed E-state index contributed by atoms with van der Waals surface area (Å²) in [6.07, 6.45) is 0. The molecule has 2 aromatic carbocycles. The molecular formula is C14H12ClFIN. The SMILES string of the molecule is CNC(c1ccc(I)c(Cl)c1)c1ccccc1F. The van der Waals surface area contributed by atoms with Gasteiger partial charge >= 0.3 is 0 Å². The lowest BCUT2D eigenvalue weighted by Crippen LogP contribution is -2.18. The zero-order valence-corrected chi connectivity index (χ0v) is 12.7. The normalized spacial score (nSPS) is 12.4. The Morgan fingerprint density at radius 2 is 1.94 bits per heavy atom. The van der Waals surface area contributed by atoms with E-state index in [4.69, 9.17) is 11.6 Å². The summed E-state index contributed by atoms with van der Waals surface area (Å²) < 4.78 is 14.8. The molecule has 0 fully saturated rings. The van der Waals surface area contributed by atoms with E-state index in [0.717, 1.165) is 9.13 Å². The average Bonchev–Trinajstić information content (AvgIpc) is 2.37. The van der Waals surface area contributed by atoms with E-state index < -0.39 is 0 Å². The highest BCUT2D eigenvalue weighted by molar-refractivity contribution is 14.1. The van der Waals surface area contributed by atoms with Crippen LogP contribution in [-0.4, -0.2) is 7.05 Å². The van der Waals surface area contributed by atoms with Crippen LogP contribution in [-0.2, 0) is 0 Å². The lowest BCUT2D eigenvalue weighted by Gasteiger charge is -2.18. The van der Waals surface area contributed by atoms with Crippen LogP contribution in [0.15, 0.2) is 42.5 Å². The first kappa shape index (κ1) is 13.8. The fraction of sp³-hybridized carbons (Fsp3) is 0.143. The molecule has 2 rings (SSSR count). The Kier molecular flexibility index (Phi) is 4.59. The van der Waals surface area contributed by atoms with Gasteiger partial charge in [0.2, 0.25) is 0 Å². The van der Waals surface area contributed by atoms with Crippen LogP contribution in [0.1, 0.15) is 17.2 Å². The smallest absolute Gasteiger partial charge is 0.128 e. The van der Waals surface area contributed by atoms with Crippen molar-refractivity contribution in [2.24, 2.45) is 0 Å². The summed E-state index contributed by atoms with van der Waals surface area (Å²) in [4.78, 5) is 0. The second kappa shape index (κ2) is 5.99. The molecule has 1 unspecified atom stereocenters. The maximum Gasteiger partial charge on any atom is 0.128 e.